The number of rotatable bonds is 5. The van der Waals surface area contributed by atoms with E-state index in [1.165, 1.54) is 77.4 Å². The van der Waals surface area contributed by atoms with Gasteiger partial charge in [-0.2, -0.15) is 0 Å². The molecule has 1 saturated carbocycles. The van der Waals surface area contributed by atoms with E-state index in [-0.39, 0.29) is 0 Å². The molecule has 2 heteroatoms. The van der Waals surface area contributed by atoms with E-state index in [2.05, 4.69) is 24.1 Å². The van der Waals surface area contributed by atoms with Crippen LogP contribution in [0, 0.1) is 5.92 Å². The number of nitrogens with zero attached hydrogens (tertiary/aromatic N) is 1. The zero-order valence-electron chi connectivity index (χ0n) is 13.2. The van der Waals surface area contributed by atoms with Gasteiger partial charge in [0.05, 0.1) is 0 Å². The van der Waals surface area contributed by atoms with Crippen LogP contribution in [0.4, 0.5) is 0 Å². The highest BCUT2D eigenvalue weighted by atomic mass is 15.1. The molecular weight excluding hydrogens is 232 g/mol. The topological polar surface area (TPSA) is 15.3 Å². The first kappa shape index (κ1) is 15.3. The van der Waals surface area contributed by atoms with Crippen LogP contribution in [0.15, 0.2) is 0 Å². The third-order valence-electron chi connectivity index (χ3n) is 5.23. The minimum absolute atomic E-state index is 0.729. The third kappa shape index (κ3) is 5.07. The molecule has 2 aliphatic rings. The van der Waals surface area contributed by atoms with Gasteiger partial charge in [-0.05, 0) is 64.6 Å². The number of likely N-dealkylation sites (tertiary alicyclic amines) is 1. The molecule has 1 aliphatic carbocycles. The third-order valence-corrected chi connectivity index (χ3v) is 5.23. The van der Waals surface area contributed by atoms with Crippen molar-refractivity contribution in [2.45, 2.75) is 83.7 Å². The molecule has 1 saturated heterocycles. The molecule has 0 aromatic heterocycles. The summed E-state index contributed by atoms with van der Waals surface area (Å²) in [5.41, 5.74) is 0. The smallest absolute Gasteiger partial charge is 0.00705 e. The van der Waals surface area contributed by atoms with Crippen LogP contribution in [0.2, 0.25) is 0 Å². The molecule has 19 heavy (non-hydrogen) atoms. The second-order valence-corrected chi connectivity index (χ2v) is 6.82. The summed E-state index contributed by atoms with van der Waals surface area (Å²) < 4.78 is 0. The second kappa shape index (κ2) is 8.26. The minimum atomic E-state index is 0.729. The number of hydrogen-bond acceptors (Lipinski definition) is 2. The summed E-state index contributed by atoms with van der Waals surface area (Å²) in [6, 6.07) is 1.54. The molecule has 1 aliphatic heterocycles. The first-order valence-corrected chi connectivity index (χ1v) is 8.78. The summed E-state index contributed by atoms with van der Waals surface area (Å²) in [7, 11) is 0. The number of nitrogens with one attached hydrogen (secondary N) is 1. The summed E-state index contributed by atoms with van der Waals surface area (Å²) in [6.45, 7) is 8.69. The van der Waals surface area contributed by atoms with Gasteiger partial charge in [-0.25, -0.2) is 0 Å². The molecule has 0 radical (unpaired) electrons. The molecule has 2 nitrogen and oxygen atoms in total. The van der Waals surface area contributed by atoms with E-state index in [4.69, 9.17) is 0 Å². The van der Waals surface area contributed by atoms with Crippen molar-refractivity contribution in [1.82, 2.24) is 10.2 Å². The van der Waals surface area contributed by atoms with Gasteiger partial charge in [-0.1, -0.05) is 32.6 Å². The summed E-state index contributed by atoms with van der Waals surface area (Å²) >= 11 is 0. The molecule has 0 aromatic rings. The molecule has 0 bridgehead atoms. The van der Waals surface area contributed by atoms with Crippen molar-refractivity contribution in [3.8, 4) is 0 Å². The lowest BCUT2D eigenvalue weighted by atomic mass is 9.89. The first-order chi connectivity index (χ1) is 9.29. The SMILES string of the molecule is CCCN1CCC(C(C)NC2CCCCCC2)CC1. The average Bonchev–Trinajstić information content (AvgIpc) is 2.68. The Morgan fingerprint density at radius 1 is 1.00 bits per heavy atom. The van der Waals surface area contributed by atoms with Gasteiger partial charge < -0.3 is 10.2 Å². The monoisotopic (exact) mass is 266 g/mol. The Kier molecular flexibility index (Phi) is 6.66. The van der Waals surface area contributed by atoms with Crippen LogP contribution >= 0.6 is 0 Å². The standard InChI is InChI=1S/C17H34N2/c1-3-12-19-13-10-16(11-14-19)15(2)18-17-8-6-4-5-7-9-17/h15-18H,3-14H2,1-2H3. The summed E-state index contributed by atoms with van der Waals surface area (Å²) in [5.74, 6) is 0.913. The van der Waals surface area contributed by atoms with Gasteiger partial charge in [-0.3, -0.25) is 0 Å². The van der Waals surface area contributed by atoms with Gasteiger partial charge in [0.2, 0.25) is 0 Å². The van der Waals surface area contributed by atoms with Gasteiger partial charge in [0.25, 0.3) is 0 Å². The Labute approximate surface area is 120 Å². The molecule has 1 heterocycles. The molecular formula is C17H34N2. The van der Waals surface area contributed by atoms with Crippen LogP contribution in [0.3, 0.4) is 0 Å². The van der Waals surface area contributed by atoms with Gasteiger partial charge in [0, 0.05) is 12.1 Å². The second-order valence-electron chi connectivity index (χ2n) is 6.82. The normalized spacial score (nSPS) is 26.2. The maximum Gasteiger partial charge on any atom is 0.00705 e. The molecule has 1 atom stereocenters. The lowest BCUT2D eigenvalue weighted by Crippen LogP contribution is -2.45. The van der Waals surface area contributed by atoms with Crippen molar-refractivity contribution in [1.29, 1.82) is 0 Å². The van der Waals surface area contributed by atoms with E-state index < -0.39 is 0 Å². The van der Waals surface area contributed by atoms with E-state index in [0.29, 0.717) is 0 Å². The Balaban J connectivity index is 1.69. The molecule has 2 fully saturated rings. The highest BCUT2D eigenvalue weighted by Crippen LogP contribution is 2.23. The van der Waals surface area contributed by atoms with Crippen molar-refractivity contribution < 1.29 is 0 Å². The van der Waals surface area contributed by atoms with Crippen LogP contribution < -0.4 is 5.32 Å². The molecule has 1 unspecified atom stereocenters. The van der Waals surface area contributed by atoms with E-state index in [0.717, 1.165) is 18.0 Å². The lowest BCUT2D eigenvalue weighted by Gasteiger charge is -2.36. The highest BCUT2D eigenvalue weighted by Gasteiger charge is 2.25. The van der Waals surface area contributed by atoms with Gasteiger partial charge in [-0.15, -0.1) is 0 Å². The van der Waals surface area contributed by atoms with Crippen molar-refractivity contribution >= 4 is 0 Å². The van der Waals surface area contributed by atoms with Crippen LogP contribution in [0.5, 0.6) is 0 Å². The highest BCUT2D eigenvalue weighted by molar-refractivity contribution is 4.82. The predicted octanol–water partition coefficient (Wildman–Crippen LogP) is 3.81. The Bertz CT molecular complexity index is 225. The fourth-order valence-corrected chi connectivity index (χ4v) is 3.95. The molecule has 0 aromatic carbocycles. The summed E-state index contributed by atoms with van der Waals surface area (Å²) in [5, 5.41) is 3.96. The van der Waals surface area contributed by atoms with Crippen molar-refractivity contribution in [2.75, 3.05) is 19.6 Å². The van der Waals surface area contributed by atoms with E-state index in [9.17, 15) is 0 Å². The zero-order valence-corrected chi connectivity index (χ0v) is 13.2. The fraction of sp³-hybridized carbons (Fsp3) is 1.00. The van der Waals surface area contributed by atoms with E-state index in [1.54, 1.807) is 0 Å². The zero-order chi connectivity index (χ0) is 13.5. The molecule has 2 rings (SSSR count). The molecule has 0 amide bonds. The Hall–Kier alpha value is -0.0800. The summed E-state index contributed by atoms with van der Waals surface area (Å²) in [4.78, 5) is 2.65. The lowest BCUT2D eigenvalue weighted by molar-refractivity contribution is 0.157. The van der Waals surface area contributed by atoms with Crippen molar-refractivity contribution in [3.63, 3.8) is 0 Å². The molecule has 1 N–H and O–H groups in total. The Morgan fingerprint density at radius 2 is 1.63 bits per heavy atom. The van der Waals surface area contributed by atoms with E-state index >= 15 is 0 Å². The maximum absolute atomic E-state index is 3.96. The van der Waals surface area contributed by atoms with Crippen LogP contribution in [-0.4, -0.2) is 36.6 Å². The average molecular weight is 266 g/mol. The first-order valence-electron chi connectivity index (χ1n) is 8.78. The molecule has 112 valence electrons. The quantitative estimate of drug-likeness (QED) is 0.761. The summed E-state index contributed by atoms with van der Waals surface area (Å²) in [6.07, 6.45) is 12.8. The van der Waals surface area contributed by atoms with E-state index in [1.807, 2.05) is 0 Å². The fourth-order valence-electron chi connectivity index (χ4n) is 3.95. The van der Waals surface area contributed by atoms with Crippen molar-refractivity contribution in [3.05, 3.63) is 0 Å². The molecule has 0 spiro atoms. The van der Waals surface area contributed by atoms with Crippen LogP contribution in [0.25, 0.3) is 0 Å². The number of piperidine rings is 1. The van der Waals surface area contributed by atoms with Gasteiger partial charge >= 0.3 is 0 Å². The Morgan fingerprint density at radius 3 is 2.21 bits per heavy atom. The van der Waals surface area contributed by atoms with Crippen molar-refractivity contribution in [2.24, 2.45) is 5.92 Å². The van der Waals surface area contributed by atoms with Crippen LogP contribution in [-0.2, 0) is 0 Å². The predicted molar refractivity (Wildman–Crippen MR) is 83.5 cm³/mol. The van der Waals surface area contributed by atoms with Crippen LogP contribution in [0.1, 0.15) is 71.6 Å². The number of hydrogen-bond donors (Lipinski definition) is 1. The minimum Gasteiger partial charge on any atom is -0.311 e. The van der Waals surface area contributed by atoms with Gasteiger partial charge in [0.15, 0.2) is 0 Å². The maximum atomic E-state index is 3.96. The largest absolute Gasteiger partial charge is 0.311 e. The van der Waals surface area contributed by atoms with Gasteiger partial charge in [0.1, 0.15) is 0 Å².